The van der Waals surface area contributed by atoms with E-state index in [1.807, 2.05) is 0 Å². The van der Waals surface area contributed by atoms with Crippen molar-refractivity contribution in [2.24, 2.45) is 0 Å². The van der Waals surface area contributed by atoms with Gasteiger partial charge in [0.2, 0.25) is 0 Å². The molecule has 0 bridgehead atoms. The fourth-order valence-corrected chi connectivity index (χ4v) is 1.19. The van der Waals surface area contributed by atoms with Gasteiger partial charge in [0.1, 0.15) is 5.75 Å². The average molecular weight is 232 g/mol. The van der Waals surface area contributed by atoms with Crippen molar-refractivity contribution in [2.75, 3.05) is 13.7 Å². The molecule has 0 amide bonds. The second kappa shape index (κ2) is 5.03. The third-order valence-electron chi connectivity index (χ3n) is 2.00. The summed E-state index contributed by atoms with van der Waals surface area (Å²) in [6.45, 7) is -1.05. The van der Waals surface area contributed by atoms with E-state index in [1.54, 1.807) is 18.2 Å². The number of rotatable bonds is 3. The Bertz CT molecular complexity index is 383. The quantitative estimate of drug-likeness (QED) is 0.868. The minimum atomic E-state index is -4.53. The molecule has 0 saturated heterocycles. The predicted octanol–water partition coefficient (Wildman–Crippen LogP) is 2.63. The van der Waals surface area contributed by atoms with E-state index in [0.717, 1.165) is 6.08 Å². The highest BCUT2D eigenvalue weighted by Crippen LogP contribution is 2.29. The highest BCUT2D eigenvalue weighted by Gasteiger charge is 2.32. The summed E-state index contributed by atoms with van der Waals surface area (Å²) >= 11 is 0. The molecule has 2 nitrogen and oxygen atoms in total. The van der Waals surface area contributed by atoms with Crippen molar-refractivity contribution in [1.29, 1.82) is 0 Å². The predicted molar refractivity (Wildman–Crippen MR) is 54.1 cm³/mol. The van der Waals surface area contributed by atoms with E-state index in [9.17, 15) is 13.2 Å². The maximum Gasteiger partial charge on any atom is 0.414 e. The van der Waals surface area contributed by atoms with E-state index in [0.29, 0.717) is 5.75 Å². The van der Waals surface area contributed by atoms with Crippen LogP contribution in [-0.2, 0) is 0 Å². The zero-order chi connectivity index (χ0) is 12.2. The number of para-hydroxylation sites is 1. The molecule has 1 aromatic rings. The lowest BCUT2D eigenvalue weighted by Gasteiger charge is -2.10. The molecule has 1 rings (SSSR count). The summed E-state index contributed by atoms with van der Waals surface area (Å²) in [5.74, 6) is 0.331. The van der Waals surface area contributed by atoms with Crippen molar-refractivity contribution in [3.05, 3.63) is 35.4 Å². The van der Waals surface area contributed by atoms with Crippen molar-refractivity contribution in [1.82, 2.24) is 0 Å². The molecule has 0 aliphatic carbocycles. The number of aliphatic hydroxyl groups is 1. The third-order valence-corrected chi connectivity index (χ3v) is 2.00. The van der Waals surface area contributed by atoms with Crippen LogP contribution in [0.1, 0.15) is 5.56 Å². The molecular formula is C11H11F3O2. The zero-order valence-corrected chi connectivity index (χ0v) is 8.58. The molecule has 5 heteroatoms. The highest BCUT2D eigenvalue weighted by atomic mass is 19.4. The molecule has 16 heavy (non-hydrogen) atoms. The van der Waals surface area contributed by atoms with Crippen molar-refractivity contribution < 1.29 is 23.0 Å². The SMILES string of the molecule is COc1ccccc1/C=C(\CO)C(F)(F)F. The van der Waals surface area contributed by atoms with E-state index in [-0.39, 0.29) is 5.56 Å². The number of ether oxygens (including phenoxy) is 1. The van der Waals surface area contributed by atoms with Gasteiger partial charge in [0.25, 0.3) is 0 Å². The Labute approximate surface area is 91.0 Å². The largest absolute Gasteiger partial charge is 0.496 e. The Hall–Kier alpha value is -1.49. The molecule has 0 fully saturated rings. The number of benzene rings is 1. The lowest BCUT2D eigenvalue weighted by Crippen LogP contribution is -2.14. The summed E-state index contributed by atoms with van der Waals surface area (Å²) in [6, 6.07) is 6.29. The van der Waals surface area contributed by atoms with Crippen LogP contribution in [0.15, 0.2) is 29.8 Å². The molecule has 0 aliphatic rings. The van der Waals surface area contributed by atoms with Crippen LogP contribution in [0.25, 0.3) is 6.08 Å². The first-order valence-electron chi connectivity index (χ1n) is 4.50. The molecular weight excluding hydrogens is 221 g/mol. The minimum Gasteiger partial charge on any atom is -0.496 e. The van der Waals surface area contributed by atoms with Crippen molar-refractivity contribution in [2.45, 2.75) is 6.18 Å². The topological polar surface area (TPSA) is 29.5 Å². The third kappa shape index (κ3) is 3.00. The van der Waals surface area contributed by atoms with Crippen LogP contribution in [0.5, 0.6) is 5.75 Å². The number of hydrogen-bond donors (Lipinski definition) is 1. The van der Waals surface area contributed by atoms with Crippen molar-refractivity contribution >= 4 is 6.08 Å². The van der Waals surface area contributed by atoms with Gasteiger partial charge < -0.3 is 9.84 Å². The molecule has 0 unspecified atom stereocenters. The summed E-state index contributed by atoms with van der Waals surface area (Å²) in [5.41, 5.74) is -0.719. The molecule has 1 N–H and O–H groups in total. The van der Waals surface area contributed by atoms with E-state index < -0.39 is 18.4 Å². The van der Waals surface area contributed by atoms with Gasteiger partial charge in [-0.05, 0) is 12.1 Å². The Morgan fingerprint density at radius 1 is 1.38 bits per heavy atom. The molecule has 0 saturated carbocycles. The van der Waals surface area contributed by atoms with Crippen molar-refractivity contribution in [3.8, 4) is 5.75 Å². The monoisotopic (exact) mass is 232 g/mol. The van der Waals surface area contributed by atoms with Gasteiger partial charge in [0.15, 0.2) is 0 Å². The maximum atomic E-state index is 12.4. The normalized spacial score (nSPS) is 12.7. The Balaban J connectivity index is 3.14. The number of aliphatic hydroxyl groups excluding tert-OH is 1. The van der Waals surface area contributed by atoms with Gasteiger partial charge in [-0.25, -0.2) is 0 Å². The zero-order valence-electron chi connectivity index (χ0n) is 8.58. The second-order valence-corrected chi connectivity index (χ2v) is 3.07. The first kappa shape index (κ1) is 12.6. The van der Waals surface area contributed by atoms with E-state index in [4.69, 9.17) is 9.84 Å². The number of halogens is 3. The van der Waals surface area contributed by atoms with Crippen LogP contribution >= 0.6 is 0 Å². The van der Waals surface area contributed by atoms with Gasteiger partial charge in [-0.2, -0.15) is 13.2 Å². The van der Waals surface area contributed by atoms with Gasteiger partial charge >= 0.3 is 6.18 Å². The maximum absolute atomic E-state index is 12.4. The lowest BCUT2D eigenvalue weighted by atomic mass is 10.1. The van der Waals surface area contributed by atoms with Crippen LogP contribution in [0, 0.1) is 0 Å². The first-order chi connectivity index (χ1) is 7.49. The summed E-state index contributed by atoms with van der Waals surface area (Å²) in [4.78, 5) is 0. The highest BCUT2D eigenvalue weighted by molar-refractivity contribution is 5.60. The van der Waals surface area contributed by atoms with Crippen LogP contribution in [-0.4, -0.2) is 25.0 Å². The molecule has 88 valence electrons. The van der Waals surface area contributed by atoms with Gasteiger partial charge in [-0.1, -0.05) is 18.2 Å². The standard InChI is InChI=1S/C11H11F3O2/c1-16-10-5-3-2-4-8(10)6-9(7-15)11(12,13)14/h2-6,15H,7H2,1H3/b9-6+. The average Bonchev–Trinajstić information content (AvgIpc) is 2.24. The first-order valence-corrected chi connectivity index (χ1v) is 4.50. The minimum absolute atomic E-state index is 0.284. The van der Waals surface area contributed by atoms with Crippen LogP contribution in [0.3, 0.4) is 0 Å². The number of methoxy groups -OCH3 is 1. The van der Waals surface area contributed by atoms with E-state index in [1.165, 1.54) is 13.2 Å². The summed E-state index contributed by atoms with van der Waals surface area (Å²) in [5, 5.41) is 8.66. The van der Waals surface area contributed by atoms with Gasteiger partial charge in [0, 0.05) is 5.56 Å². The number of hydrogen-bond acceptors (Lipinski definition) is 2. The molecule has 0 heterocycles. The summed E-state index contributed by atoms with van der Waals surface area (Å²) in [6.07, 6.45) is -3.66. The summed E-state index contributed by atoms with van der Waals surface area (Å²) < 4.78 is 42.0. The molecule has 0 atom stereocenters. The van der Waals surface area contributed by atoms with Crippen LogP contribution < -0.4 is 4.74 Å². The fourth-order valence-electron chi connectivity index (χ4n) is 1.19. The summed E-state index contributed by atoms with van der Waals surface area (Å²) in [7, 11) is 1.37. The Morgan fingerprint density at radius 2 is 2.00 bits per heavy atom. The van der Waals surface area contributed by atoms with E-state index in [2.05, 4.69) is 0 Å². The van der Waals surface area contributed by atoms with Crippen molar-refractivity contribution in [3.63, 3.8) is 0 Å². The van der Waals surface area contributed by atoms with Gasteiger partial charge in [-0.15, -0.1) is 0 Å². The van der Waals surface area contributed by atoms with Crippen LogP contribution in [0.2, 0.25) is 0 Å². The fraction of sp³-hybridized carbons (Fsp3) is 0.273. The van der Waals surface area contributed by atoms with Gasteiger partial charge in [0.05, 0.1) is 19.3 Å². The van der Waals surface area contributed by atoms with Gasteiger partial charge in [-0.3, -0.25) is 0 Å². The molecule has 0 spiro atoms. The number of alkyl halides is 3. The van der Waals surface area contributed by atoms with E-state index >= 15 is 0 Å². The molecule has 0 aliphatic heterocycles. The Morgan fingerprint density at radius 3 is 2.50 bits per heavy atom. The van der Waals surface area contributed by atoms with Crippen LogP contribution in [0.4, 0.5) is 13.2 Å². The Kier molecular flexibility index (Phi) is 3.95. The molecule has 0 aromatic heterocycles. The lowest BCUT2D eigenvalue weighted by molar-refractivity contribution is -0.0964. The smallest absolute Gasteiger partial charge is 0.414 e. The molecule has 0 radical (unpaired) electrons. The molecule has 1 aromatic carbocycles. The second-order valence-electron chi connectivity index (χ2n) is 3.07.